The summed E-state index contributed by atoms with van der Waals surface area (Å²) in [5.41, 5.74) is 4.85. The predicted molar refractivity (Wildman–Crippen MR) is 47.9 cm³/mol. The summed E-state index contributed by atoms with van der Waals surface area (Å²) in [5, 5.41) is 10.8. The van der Waals surface area contributed by atoms with Crippen LogP contribution in [0.2, 0.25) is 0 Å². The van der Waals surface area contributed by atoms with Crippen LogP contribution in [0.1, 0.15) is 20.3 Å². The van der Waals surface area contributed by atoms with Crippen molar-refractivity contribution in [1.29, 1.82) is 0 Å². The molecule has 1 atom stereocenters. The standard InChI is InChI=1S/C8H16F2N2O2/c1-8(2,11)3-6(14)12-4-5(13)7(9)10/h5,7,13H,3-4,11H2,1-2H3,(H,12,14). The van der Waals surface area contributed by atoms with Gasteiger partial charge in [0.05, 0.1) is 0 Å². The zero-order valence-electron chi connectivity index (χ0n) is 8.26. The van der Waals surface area contributed by atoms with E-state index in [1.165, 1.54) is 0 Å². The SMILES string of the molecule is CC(C)(N)CC(=O)NCC(O)C(F)F. The lowest BCUT2D eigenvalue weighted by Crippen LogP contribution is -2.42. The monoisotopic (exact) mass is 210 g/mol. The van der Waals surface area contributed by atoms with Gasteiger partial charge in [0.2, 0.25) is 5.91 Å². The smallest absolute Gasteiger partial charge is 0.265 e. The molecule has 14 heavy (non-hydrogen) atoms. The Morgan fingerprint density at radius 3 is 2.43 bits per heavy atom. The number of aliphatic hydroxyl groups excluding tert-OH is 1. The molecule has 0 radical (unpaired) electrons. The average Bonchev–Trinajstić information content (AvgIpc) is 1.96. The van der Waals surface area contributed by atoms with E-state index in [1.807, 2.05) is 0 Å². The molecular weight excluding hydrogens is 194 g/mol. The first kappa shape index (κ1) is 13.2. The van der Waals surface area contributed by atoms with Crippen molar-refractivity contribution in [3.8, 4) is 0 Å². The molecule has 0 spiro atoms. The van der Waals surface area contributed by atoms with Crippen molar-refractivity contribution in [1.82, 2.24) is 5.32 Å². The Morgan fingerprint density at radius 2 is 2.07 bits per heavy atom. The van der Waals surface area contributed by atoms with Crippen LogP contribution < -0.4 is 11.1 Å². The molecule has 0 aliphatic heterocycles. The molecule has 0 saturated carbocycles. The minimum atomic E-state index is -2.85. The first-order valence-corrected chi connectivity index (χ1v) is 4.24. The van der Waals surface area contributed by atoms with E-state index in [4.69, 9.17) is 10.8 Å². The summed E-state index contributed by atoms with van der Waals surface area (Å²) in [5.74, 6) is -0.447. The van der Waals surface area contributed by atoms with Gasteiger partial charge in [0.15, 0.2) is 0 Å². The van der Waals surface area contributed by atoms with Gasteiger partial charge in [0.1, 0.15) is 6.10 Å². The average molecular weight is 210 g/mol. The summed E-state index contributed by atoms with van der Waals surface area (Å²) in [6.45, 7) is 2.85. The van der Waals surface area contributed by atoms with Gasteiger partial charge in [-0.15, -0.1) is 0 Å². The van der Waals surface area contributed by atoms with E-state index in [2.05, 4.69) is 5.32 Å². The number of rotatable bonds is 5. The molecule has 0 aromatic rings. The summed E-state index contributed by atoms with van der Waals surface area (Å²) in [4.78, 5) is 11.0. The number of amides is 1. The van der Waals surface area contributed by atoms with Gasteiger partial charge < -0.3 is 16.2 Å². The maximum Gasteiger partial charge on any atom is 0.265 e. The summed E-state index contributed by atoms with van der Waals surface area (Å²) < 4.78 is 23.6. The Bertz CT molecular complexity index is 192. The van der Waals surface area contributed by atoms with Gasteiger partial charge in [-0.25, -0.2) is 8.78 Å². The Balaban J connectivity index is 3.75. The van der Waals surface area contributed by atoms with E-state index in [9.17, 15) is 13.6 Å². The Hall–Kier alpha value is -0.750. The molecule has 1 amide bonds. The second kappa shape index (κ2) is 5.21. The van der Waals surface area contributed by atoms with Crippen LogP contribution in [-0.2, 0) is 4.79 Å². The van der Waals surface area contributed by atoms with Crippen molar-refractivity contribution in [2.24, 2.45) is 5.73 Å². The van der Waals surface area contributed by atoms with E-state index < -0.39 is 30.5 Å². The zero-order valence-corrected chi connectivity index (χ0v) is 8.26. The largest absolute Gasteiger partial charge is 0.385 e. The fraction of sp³-hybridized carbons (Fsp3) is 0.875. The highest BCUT2D eigenvalue weighted by atomic mass is 19.3. The molecule has 1 unspecified atom stereocenters. The number of hydrogen-bond donors (Lipinski definition) is 3. The molecule has 0 bridgehead atoms. The fourth-order valence-electron chi connectivity index (χ4n) is 0.784. The maximum atomic E-state index is 11.8. The molecule has 4 N–H and O–H groups in total. The van der Waals surface area contributed by atoms with E-state index in [0.717, 1.165) is 0 Å². The van der Waals surface area contributed by atoms with Gasteiger partial charge in [-0.05, 0) is 13.8 Å². The minimum Gasteiger partial charge on any atom is -0.385 e. The summed E-state index contributed by atoms with van der Waals surface area (Å²) >= 11 is 0. The van der Waals surface area contributed by atoms with Crippen LogP contribution in [0, 0.1) is 0 Å². The second-order valence-electron chi connectivity index (χ2n) is 3.87. The molecule has 0 aliphatic carbocycles. The molecule has 6 heteroatoms. The van der Waals surface area contributed by atoms with Crippen molar-refractivity contribution in [2.75, 3.05) is 6.54 Å². The van der Waals surface area contributed by atoms with Crippen molar-refractivity contribution in [3.05, 3.63) is 0 Å². The number of carbonyl (C=O) groups is 1. The zero-order chi connectivity index (χ0) is 11.4. The number of alkyl halides is 2. The number of hydrogen-bond acceptors (Lipinski definition) is 3. The highest BCUT2D eigenvalue weighted by Gasteiger charge is 2.20. The maximum absolute atomic E-state index is 11.8. The predicted octanol–water partition coefficient (Wildman–Crippen LogP) is -0.144. The van der Waals surface area contributed by atoms with Crippen molar-refractivity contribution >= 4 is 5.91 Å². The quantitative estimate of drug-likeness (QED) is 0.591. The van der Waals surface area contributed by atoms with Crippen LogP contribution in [0.15, 0.2) is 0 Å². The van der Waals surface area contributed by atoms with Crippen LogP contribution in [-0.4, -0.2) is 35.6 Å². The summed E-state index contributed by atoms with van der Waals surface area (Å²) in [6.07, 6.45) is -4.64. The third-order valence-corrected chi connectivity index (χ3v) is 1.42. The topological polar surface area (TPSA) is 75.4 Å². The summed E-state index contributed by atoms with van der Waals surface area (Å²) in [6, 6.07) is 0. The highest BCUT2D eigenvalue weighted by molar-refractivity contribution is 5.77. The molecule has 0 fully saturated rings. The van der Waals surface area contributed by atoms with Gasteiger partial charge in [-0.2, -0.15) is 0 Å². The second-order valence-corrected chi connectivity index (χ2v) is 3.87. The van der Waals surface area contributed by atoms with E-state index in [1.54, 1.807) is 13.8 Å². The lowest BCUT2D eigenvalue weighted by molar-refractivity contribution is -0.123. The molecular formula is C8H16F2N2O2. The van der Waals surface area contributed by atoms with Gasteiger partial charge in [0, 0.05) is 18.5 Å². The van der Waals surface area contributed by atoms with E-state index in [-0.39, 0.29) is 6.42 Å². The molecule has 0 heterocycles. The van der Waals surface area contributed by atoms with Crippen LogP contribution in [0.25, 0.3) is 0 Å². The van der Waals surface area contributed by atoms with Gasteiger partial charge in [-0.3, -0.25) is 4.79 Å². The van der Waals surface area contributed by atoms with Gasteiger partial charge >= 0.3 is 0 Å². The lowest BCUT2D eigenvalue weighted by Gasteiger charge is -2.18. The molecule has 0 rings (SSSR count). The Morgan fingerprint density at radius 1 is 1.57 bits per heavy atom. The molecule has 0 aliphatic rings. The molecule has 84 valence electrons. The van der Waals surface area contributed by atoms with Crippen molar-refractivity contribution in [2.45, 2.75) is 38.3 Å². The van der Waals surface area contributed by atoms with E-state index >= 15 is 0 Å². The van der Waals surface area contributed by atoms with Crippen molar-refractivity contribution < 1.29 is 18.7 Å². The first-order valence-electron chi connectivity index (χ1n) is 4.24. The van der Waals surface area contributed by atoms with Crippen LogP contribution in [0.5, 0.6) is 0 Å². The van der Waals surface area contributed by atoms with Crippen LogP contribution in [0.4, 0.5) is 8.78 Å². The number of carbonyl (C=O) groups excluding carboxylic acids is 1. The van der Waals surface area contributed by atoms with Gasteiger partial charge in [-0.1, -0.05) is 0 Å². The fourth-order valence-corrected chi connectivity index (χ4v) is 0.784. The molecule has 4 nitrogen and oxygen atoms in total. The molecule has 0 saturated heterocycles. The first-order chi connectivity index (χ1) is 6.22. The lowest BCUT2D eigenvalue weighted by atomic mass is 10.0. The third-order valence-electron chi connectivity index (χ3n) is 1.42. The number of nitrogens with one attached hydrogen (secondary N) is 1. The Labute approximate surface area is 81.5 Å². The molecule has 0 aromatic carbocycles. The number of nitrogens with two attached hydrogens (primary N) is 1. The minimum absolute atomic E-state index is 0.0307. The van der Waals surface area contributed by atoms with E-state index in [0.29, 0.717) is 0 Å². The highest BCUT2D eigenvalue weighted by Crippen LogP contribution is 2.03. The van der Waals surface area contributed by atoms with Crippen molar-refractivity contribution in [3.63, 3.8) is 0 Å². The summed E-state index contributed by atoms with van der Waals surface area (Å²) in [7, 11) is 0. The number of halogens is 2. The van der Waals surface area contributed by atoms with Crippen LogP contribution in [0.3, 0.4) is 0 Å². The molecule has 0 aromatic heterocycles. The normalized spacial score (nSPS) is 14.2. The third kappa shape index (κ3) is 6.73. The van der Waals surface area contributed by atoms with Gasteiger partial charge in [0.25, 0.3) is 6.43 Å². The number of aliphatic hydroxyl groups is 1. The Kier molecular flexibility index (Phi) is 4.93. The van der Waals surface area contributed by atoms with Crippen LogP contribution >= 0.6 is 0 Å².